The van der Waals surface area contributed by atoms with Crippen LogP contribution in [0.1, 0.15) is 36.6 Å². The van der Waals surface area contributed by atoms with Gasteiger partial charge in [-0.2, -0.15) is 0 Å². The molecule has 0 saturated carbocycles. The normalized spacial score (nSPS) is 13.3. The minimum absolute atomic E-state index is 0.110. The maximum atomic E-state index is 5.40. The van der Waals surface area contributed by atoms with Gasteiger partial charge in [-0.05, 0) is 50.2 Å². The molecule has 0 saturated heterocycles. The van der Waals surface area contributed by atoms with Crippen LogP contribution in [0.15, 0.2) is 70.5 Å². The summed E-state index contributed by atoms with van der Waals surface area (Å²) in [7, 11) is 1.68. The van der Waals surface area contributed by atoms with Crippen molar-refractivity contribution >= 4 is 12.4 Å². The molecule has 0 bridgehead atoms. The number of ether oxygens (including phenoxy) is 1. The van der Waals surface area contributed by atoms with Crippen molar-refractivity contribution in [3.05, 3.63) is 77.2 Å². The van der Waals surface area contributed by atoms with Gasteiger partial charge in [0.15, 0.2) is 0 Å². The lowest BCUT2D eigenvalue weighted by Crippen LogP contribution is -2.18. The zero-order chi connectivity index (χ0) is 18.2. The van der Waals surface area contributed by atoms with Gasteiger partial charge in [-0.25, -0.2) is 4.99 Å². The Morgan fingerprint density at radius 2 is 1.92 bits per heavy atom. The number of aliphatic imine (C=N–C) groups is 2. The van der Waals surface area contributed by atoms with Gasteiger partial charge in [-0.1, -0.05) is 42.5 Å². The number of nitrogens with zero attached hydrogens (tertiary/aromatic N) is 2. The van der Waals surface area contributed by atoms with Crippen molar-refractivity contribution in [1.82, 2.24) is 5.32 Å². The molecule has 2 aromatic carbocycles. The molecular weight excluding hydrogens is 310 g/mol. The van der Waals surface area contributed by atoms with E-state index < -0.39 is 0 Å². The molecule has 0 radical (unpaired) electrons. The maximum absolute atomic E-state index is 5.40. The first-order valence-corrected chi connectivity index (χ1v) is 8.23. The van der Waals surface area contributed by atoms with E-state index in [1.54, 1.807) is 13.3 Å². The van der Waals surface area contributed by atoms with Crippen molar-refractivity contribution in [2.45, 2.75) is 26.8 Å². The maximum Gasteiger partial charge on any atom is 0.145 e. The van der Waals surface area contributed by atoms with Crippen LogP contribution < -0.4 is 10.1 Å². The molecule has 0 aromatic heterocycles. The molecule has 1 atom stereocenters. The molecule has 2 aromatic rings. The predicted octanol–water partition coefficient (Wildman–Crippen LogP) is 4.66. The summed E-state index contributed by atoms with van der Waals surface area (Å²) in [4.78, 5) is 8.56. The summed E-state index contributed by atoms with van der Waals surface area (Å²) in [6.07, 6.45) is 1.63. The van der Waals surface area contributed by atoms with Gasteiger partial charge in [0.25, 0.3) is 0 Å². The quantitative estimate of drug-likeness (QED) is 0.748. The van der Waals surface area contributed by atoms with Gasteiger partial charge in [0, 0.05) is 11.8 Å². The number of hydrogen-bond donors (Lipinski definition) is 1. The van der Waals surface area contributed by atoms with Crippen molar-refractivity contribution in [3.8, 4) is 5.75 Å². The predicted molar refractivity (Wildman–Crippen MR) is 106 cm³/mol. The lowest BCUT2D eigenvalue weighted by Gasteiger charge is -2.16. The van der Waals surface area contributed by atoms with Crippen LogP contribution in [-0.2, 0) is 0 Å². The third kappa shape index (κ3) is 5.05. The molecule has 4 nitrogen and oxygen atoms in total. The van der Waals surface area contributed by atoms with Gasteiger partial charge in [0.05, 0.1) is 13.3 Å². The van der Waals surface area contributed by atoms with Crippen LogP contribution in [0, 0.1) is 6.92 Å². The average molecular weight is 335 g/mol. The van der Waals surface area contributed by atoms with E-state index in [2.05, 4.69) is 41.1 Å². The molecule has 2 rings (SSSR count). The molecule has 25 heavy (non-hydrogen) atoms. The molecule has 0 aliphatic heterocycles. The standard InChI is InChI=1S/C21H25N3O/c1-15-11-12-19(13-20(15)25-5)17(3)24-21(14-22-4)23-16(2)18-9-7-6-8-10-18/h6-14,16,23H,4H2,1-3,5H3/b21-14-,24-17+. The minimum atomic E-state index is 0.110. The molecule has 0 amide bonds. The lowest BCUT2D eigenvalue weighted by molar-refractivity contribution is 0.411. The van der Waals surface area contributed by atoms with Crippen LogP contribution in [0.4, 0.5) is 0 Å². The van der Waals surface area contributed by atoms with Crippen molar-refractivity contribution in [3.63, 3.8) is 0 Å². The number of nitrogens with one attached hydrogen (secondary N) is 1. The summed E-state index contributed by atoms with van der Waals surface area (Å²) in [5.74, 6) is 1.52. The van der Waals surface area contributed by atoms with Crippen LogP contribution in [-0.4, -0.2) is 19.5 Å². The fourth-order valence-electron chi connectivity index (χ4n) is 2.52. The van der Waals surface area contributed by atoms with Gasteiger partial charge in [-0.3, -0.25) is 4.99 Å². The fraction of sp³-hybridized carbons (Fsp3) is 0.238. The van der Waals surface area contributed by atoms with Gasteiger partial charge >= 0.3 is 0 Å². The molecule has 4 heteroatoms. The number of aryl methyl sites for hydroxylation is 1. The van der Waals surface area contributed by atoms with Crippen LogP contribution >= 0.6 is 0 Å². The Labute approximate surface area is 150 Å². The molecular formula is C21H25N3O. The van der Waals surface area contributed by atoms with Gasteiger partial charge in [0.1, 0.15) is 11.6 Å². The lowest BCUT2D eigenvalue weighted by atomic mass is 10.1. The van der Waals surface area contributed by atoms with Crippen LogP contribution in [0.25, 0.3) is 0 Å². The highest BCUT2D eigenvalue weighted by Gasteiger charge is 2.08. The van der Waals surface area contributed by atoms with Gasteiger partial charge < -0.3 is 10.1 Å². The van der Waals surface area contributed by atoms with E-state index in [4.69, 9.17) is 4.74 Å². The Kier molecular flexibility index (Phi) is 6.52. The summed E-state index contributed by atoms with van der Waals surface area (Å²) >= 11 is 0. The van der Waals surface area contributed by atoms with Crippen molar-refractivity contribution in [1.29, 1.82) is 0 Å². The molecule has 130 valence electrons. The second-order valence-corrected chi connectivity index (χ2v) is 5.86. The van der Waals surface area contributed by atoms with E-state index >= 15 is 0 Å². The number of hydrogen-bond acceptors (Lipinski definition) is 4. The smallest absolute Gasteiger partial charge is 0.145 e. The minimum Gasteiger partial charge on any atom is -0.496 e. The molecule has 0 spiro atoms. The van der Waals surface area contributed by atoms with E-state index in [1.807, 2.05) is 50.2 Å². The summed E-state index contributed by atoms with van der Waals surface area (Å²) in [5.41, 5.74) is 4.16. The summed E-state index contributed by atoms with van der Waals surface area (Å²) in [6.45, 7) is 9.62. The first-order chi connectivity index (χ1) is 12.0. The first-order valence-electron chi connectivity index (χ1n) is 8.23. The Hall–Kier alpha value is -2.88. The molecule has 1 N–H and O–H groups in total. The first kappa shape index (κ1) is 18.5. The second-order valence-electron chi connectivity index (χ2n) is 5.86. The SMILES string of the molecule is C=N/C=C(\N=C(/C)c1ccc(C)c(OC)c1)NC(C)c1ccccc1. The molecule has 0 heterocycles. The third-order valence-electron chi connectivity index (χ3n) is 3.99. The topological polar surface area (TPSA) is 46.0 Å². The Balaban J connectivity index is 2.24. The second kappa shape index (κ2) is 8.83. The summed E-state index contributed by atoms with van der Waals surface area (Å²) in [6, 6.07) is 16.4. The molecule has 0 aliphatic rings. The molecule has 0 fully saturated rings. The van der Waals surface area contributed by atoms with E-state index in [0.717, 1.165) is 22.6 Å². The van der Waals surface area contributed by atoms with E-state index in [0.29, 0.717) is 5.82 Å². The Bertz CT molecular complexity index is 779. The Morgan fingerprint density at radius 1 is 1.20 bits per heavy atom. The highest BCUT2D eigenvalue weighted by Crippen LogP contribution is 2.20. The van der Waals surface area contributed by atoms with Gasteiger partial charge in [-0.15, -0.1) is 0 Å². The number of benzene rings is 2. The van der Waals surface area contributed by atoms with Crippen molar-refractivity contribution in [2.24, 2.45) is 9.98 Å². The van der Waals surface area contributed by atoms with E-state index in [-0.39, 0.29) is 6.04 Å². The van der Waals surface area contributed by atoms with E-state index in [1.165, 1.54) is 5.56 Å². The number of rotatable bonds is 7. The largest absolute Gasteiger partial charge is 0.496 e. The zero-order valence-corrected chi connectivity index (χ0v) is 15.3. The highest BCUT2D eigenvalue weighted by atomic mass is 16.5. The summed E-state index contributed by atoms with van der Waals surface area (Å²) < 4.78 is 5.40. The third-order valence-corrected chi connectivity index (χ3v) is 3.99. The van der Waals surface area contributed by atoms with Crippen molar-refractivity contribution in [2.75, 3.05) is 7.11 Å². The van der Waals surface area contributed by atoms with E-state index in [9.17, 15) is 0 Å². The highest BCUT2D eigenvalue weighted by molar-refractivity contribution is 5.99. The average Bonchev–Trinajstić information content (AvgIpc) is 2.62. The summed E-state index contributed by atoms with van der Waals surface area (Å²) in [5, 5.41) is 3.38. The van der Waals surface area contributed by atoms with Crippen molar-refractivity contribution < 1.29 is 4.74 Å². The Morgan fingerprint density at radius 3 is 2.56 bits per heavy atom. The molecule has 0 aliphatic carbocycles. The molecule has 1 unspecified atom stereocenters. The van der Waals surface area contributed by atoms with Crippen LogP contribution in [0.5, 0.6) is 5.75 Å². The van der Waals surface area contributed by atoms with Gasteiger partial charge in [0.2, 0.25) is 0 Å². The zero-order valence-electron chi connectivity index (χ0n) is 15.3. The fourth-order valence-corrected chi connectivity index (χ4v) is 2.52. The van der Waals surface area contributed by atoms with Crippen LogP contribution in [0.2, 0.25) is 0 Å². The number of methoxy groups -OCH3 is 1. The monoisotopic (exact) mass is 335 g/mol. The van der Waals surface area contributed by atoms with Crippen LogP contribution in [0.3, 0.4) is 0 Å².